The normalized spacial score (nSPS) is 20.5. The Bertz CT molecular complexity index is 738. The highest BCUT2D eigenvalue weighted by Gasteiger charge is 2.27. The Balaban J connectivity index is 1.55. The van der Waals surface area contributed by atoms with Gasteiger partial charge in [-0.25, -0.2) is 0 Å². The summed E-state index contributed by atoms with van der Waals surface area (Å²) in [5.74, 6) is 0.939. The van der Waals surface area contributed by atoms with Crippen LogP contribution in [0.1, 0.15) is 24.0 Å². The molecule has 1 aliphatic rings. The molecule has 0 bridgehead atoms. The number of benzene rings is 2. The Morgan fingerprint density at radius 3 is 2.65 bits per heavy atom. The van der Waals surface area contributed by atoms with Crippen LogP contribution in [0.2, 0.25) is 10.0 Å². The second-order valence-corrected chi connectivity index (χ2v) is 7.79. The summed E-state index contributed by atoms with van der Waals surface area (Å²) in [7, 11) is 2.06. The molecule has 1 saturated heterocycles. The maximum absolute atomic E-state index is 9.75. The van der Waals surface area contributed by atoms with E-state index in [0.29, 0.717) is 22.7 Å². The number of ether oxygens (including phenoxy) is 1. The maximum atomic E-state index is 9.75. The highest BCUT2D eigenvalue weighted by atomic mass is 35.5. The molecule has 140 valence electrons. The fourth-order valence-electron chi connectivity index (χ4n) is 3.52. The molecule has 0 unspecified atom stereocenters. The van der Waals surface area contributed by atoms with Gasteiger partial charge in [0.1, 0.15) is 5.75 Å². The highest BCUT2D eigenvalue weighted by Crippen LogP contribution is 2.25. The van der Waals surface area contributed by atoms with Gasteiger partial charge in [-0.2, -0.15) is 0 Å². The minimum absolute atomic E-state index is 0.205. The number of likely N-dealkylation sites (tertiary alicyclic amines) is 1. The third-order valence-electron chi connectivity index (χ3n) is 5.01. The summed E-state index contributed by atoms with van der Waals surface area (Å²) in [5, 5.41) is 10.9. The van der Waals surface area contributed by atoms with Crippen molar-refractivity contribution in [3.05, 3.63) is 63.6 Å². The van der Waals surface area contributed by atoms with Crippen molar-refractivity contribution in [3.63, 3.8) is 0 Å². The van der Waals surface area contributed by atoms with Crippen LogP contribution in [-0.2, 0) is 12.8 Å². The summed E-state index contributed by atoms with van der Waals surface area (Å²) in [6.07, 6.45) is 3.32. The first-order valence-electron chi connectivity index (χ1n) is 9.06. The molecule has 0 aromatic heterocycles. The molecule has 3 rings (SSSR count). The number of halogens is 2. The number of para-hydroxylation sites is 1. The lowest BCUT2D eigenvalue weighted by atomic mass is 10.0. The molecule has 2 aromatic carbocycles. The van der Waals surface area contributed by atoms with Crippen molar-refractivity contribution in [2.75, 3.05) is 20.2 Å². The van der Waals surface area contributed by atoms with Gasteiger partial charge >= 0.3 is 0 Å². The molecular weight excluding hydrogens is 369 g/mol. The monoisotopic (exact) mass is 393 g/mol. The zero-order valence-corrected chi connectivity index (χ0v) is 16.5. The van der Waals surface area contributed by atoms with Gasteiger partial charge in [0.05, 0.1) is 22.8 Å². The molecule has 0 amide bonds. The van der Waals surface area contributed by atoms with Crippen molar-refractivity contribution in [3.8, 4) is 5.75 Å². The van der Waals surface area contributed by atoms with Crippen LogP contribution in [-0.4, -0.2) is 42.4 Å². The summed E-state index contributed by atoms with van der Waals surface area (Å²) in [4.78, 5) is 2.21. The van der Waals surface area contributed by atoms with Crippen LogP contribution in [0.5, 0.6) is 5.75 Å². The van der Waals surface area contributed by atoms with Crippen molar-refractivity contribution in [1.29, 1.82) is 0 Å². The SMILES string of the molecule is CN1C[C@H](O)C[C@H]1CCOc1ccccc1CCc1ccc(Cl)c(Cl)c1. The number of likely N-dealkylation sites (N-methyl/N-ethyl adjacent to an activating group) is 1. The van der Waals surface area contributed by atoms with E-state index in [1.54, 1.807) is 0 Å². The molecule has 3 nitrogen and oxygen atoms in total. The fourth-order valence-corrected chi connectivity index (χ4v) is 3.84. The summed E-state index contributed by atoms with van der Waals surface area (Å²) in [5.41, 5.74) is 2.36. The number of aliphatic hydroxyl groups excluding tert-OH is 1. The molecule has 0 spiro atoms. The van der Waals surface area contributed by atoms with E-state index in [1.807, 2.05) is 36.4 Å². The molecule has 0 aliphatic carbocycles. The zero-order valence-electron chi connectivity index (χ0n) is 15.0. The van der Waals surface area contributed by atoms with Crippen LogP contribution in [0.3, 0.4) is 0 Å². The molecule has 1 fully saturated rings. The van der Waals surface area contributed by atoms with Gasteiger partial charge in [0, 0.05) is 12.6 Å². The van der Waals surface area contributed by atoms with Crippen molar-refractivity contribution in [2.45, 2.75) is 37.8 Å². The van der Waals surface area contributed by atoms with Crippen molar-refractivity contribution in [1.82, 2.24) is 4.90 Å². The molecule has 1 N–H and O–H groups in total. The average molecular weight is 394 g/mol. The van der Waals surface area contributed by atoms with Gasteiger partial charge < -0.3 is 14.7 Å². The number of hydrogen-bond donors (Lipinski definition) is 1. The average Bonchev–Trinajstić information content (AvgIpc) is 2.94. The van der Waals surface area contributed by atoms with Gasteiger partial charge in [-0.15, -0.1) is 0 Å². The third-order valence-corrected chi connectivity index (χ3v) is 5.75. The molecule has 1 heterocycles. The lowest BCUT2D eigenvalue weighted by Gasteiger charge is -2.19. The van der Waals surface area contributed by atoms with Crippen LogP contribution < -0.4 is 4.74 Å². The Kier molecular flexibility index (Phi) is 6.82. The van der Waals surface area contributed by atoms with Crippen LogP contribution >= 0.6 is 23.2 Å². The molecule has 5 heteroatoms. The van der Waals surface area contributed by atoms with Gasteiger partial charge in [-0.3, -0.25) is 0 Å². The molecular formula is C21H25Cl2NO2. The van der Waals surface area contributed by atoms with E-state index in [4.69, 9.17) is 27.9 Å². The second kappa shape index (κ2) is 9.09. The third kappa shape index (κ3) is 5.14. The number of aliphatic hydroxyl groups is 1. The van der Waals surface area contributed by atoms with E-state index in [2.05, 4.69) is 18.0 Å². The number of β-amino-alcohol motifs (C(OH)–C–C–N with tert-alkyl or cyclic N) is 1. The number of hydrogen-bond acceptors (Lipinski definition) is 3. The Morgan fingerprint density at radius 2 is 1.92 bits per heavy atom. The van der Waals surface area contributed by atoms with Gasteiger partial charge in [-0.1, -0.05) is 47.5 Å². The van der Waals surface area contributed by atoms with E-state index in [1.165, 1.54) is 5.56 Å². The van der Waals surface area contributed by atoms with Gasteiger partial charge in [-0.05, 0) is 62.1 Å². The molecule has 0 radical (unpaired) electrons. The van der Waals surface area contributed by atoms with Gasteiger partial charge in [0.15, 0.2) is 0 Å². The second-order valence-electron chi connectivity index (χ2n) is 6.98. The standard InChI is InChI=1S/C21H25Cl2NO2/c1-24-14-18(25)13-17(24)10-11-26-21-5-3-2-4-16(21)8-6-15-7-9-19(22)20(23)12-15/h2-5,7,9,12,17-18,25H,6,8,10-11,13-14H2,1H3/t17-,18-/m1/s1. The van der Waals surface area contributed by atoms with Crippen LogP contribution in [0.25, 0.3) is 0 Å². The van der Waals surface area contributed by atoms with Crippen LogP contribution in [0.15, 0.2) is 42.5 Å². The molecule has 2 atom stereocenters. The van der Waals surface area contributed by atoms with E-state index >= 15 is 0 Å². The fraction of sp³-hybridized carbons (Fsp3) is 0.429. The zero-order chi connectivity index (χ0) is 18.5. The summed E-state index contributed by atoms with van der Waals surface area (Å²) >= 11 is 12.1. The van der Waals surface area contributed by atoms with Crippen molar-refractivity contribution in [2.24, 2.45) is 0 Å². The number of aryl methyl sites for hydroxylation is 2. The first kappa shape index (κ1) is 19.5. The number of rotatable bonds is 7. The summed E-state index contributed by atoms with van der Waals surface area (Å²) < 4.78 is 6.06. The topological polar surface area (TPSA) is 32.7 Å². The van der Waals surface area contributed by atoms with E-state index in [9.17, 15) is 5.11 Å². The van der Waals surface area contributed by atoms with Gasteiger partial charge in [0.25, 0.3) is 0 Å². The summed E-state index contributed by atoms with van der Waals surface area (Å²) in [6.45, 7) is 1.41. The molecule has 2 aromatic rings. The van der Waals surface area contributed by atoms with Crippen molar-refractivity contribution >= 4 is 23.2 Å². The van der Waals surface area contributed by atoms with Crippen LogP contribution in [0.4, 0.5) is 0 Å². The Morgan fingerprint density at radius 1 is 1.12 bits per heavy atom. The first-order chi connectivity index (χ1) is 12.5. The maximum Gasteiger partial charge on any atom is 0.122 e. The summed E-state index contributed by atoms with van der Waals surface area (Å²) in [6, 6.07) is 14.4. The minimum Gasteiger partial charge on any atom is -0.493 e. The predicted molar refractivity (Wildman–Crippen MR) is 107 cm³/mol. The van der Waals surface area contributed by atoms with Crippen LogP contribution in [0, 0.1) is 0 Å². The van der Waals surface area contributed by atoms with Crippen molar-refractivity contribution < 1.29 is 9.84 Å². The molecule has 0 saturated carbocycles. The Hall–Kier alpha value is -1.26. The number of nitrogens with zero attached hydrogens (tertiary/aromatic N) is 1. The Labute approximate surface area is 165 Å². The van der Waals surface area contributed by atoms with E-state index in [-0.39, 0.29) is 6.10 Å². The largest absolute Gasteiger partial charge is 0.493 e. The van der Waals surface area contributed by atoms with Gasteiger partial charge in [0.2, 0.25) is 0 Å². The quantitative estimate of drug-likeness (QED) is 0.744. The molecule has 1 aliphatic heterocycles. The first-order valence-corrected chi connectivity index (χ1v) is 9.81. The smallest absolute Gasteiger partial charge is 0.122 e. The highest BCUT2D eigenvalue weighted by molar-refractivity contribution is 6.42. The van der Waals surface area contributed by atoms with E-state index < -0.39 is 0 Å². The lowest BCUT2D eigenvalue weighted by Crippen LogP contribution is -2.26. The van der Waals surface area contributed by atoms with E-state index in [0.717, 1.165) is 43.5 Å². The predicted octanol–water partition coefficient (Wildman–Crippen LogP) is 4.61. The minimum atomic E-state index is -0.205. The molecule has 26 heavy (non-hydrogen) atoms. The lowest BCUT2D eigenvalue weighted by molar-refractivity contribution is 0.182.